The number of morpholine rings is 1. The second kappa shape index (κ2) is 8.18. The molecule has 1 aromatic carbocycles. The number of fused-ring (bicyclic) bond motifs is 1. The molecule has 1 aromatic heterocycles. The van der Waals surface area contributed by atoms with Gasteiger partial charge in [0.05, 0.1) is 25.5 Å². The monoisotopic (exact) mass is 378 g/mol. The molecular formula is C18H23ClN4O3. The summed E-state index contributed by atoms with van der Waals surface area (Å²) < 4.78 is 5.87. The van der Waals surface area contributed by atoms with Crippen molar-refractivity contribution in [3.8, 4) is 0 Å². The van der Waals surface area contributed by atoms with Gasteiger partial charge in [-0.1, -0.05) is 30.3 Å². The molecule has 7 nitrogen and oxygen atoms in total. The highest BCUT2D eigenvalue weighted by atomic mass is 35.5. The van der Waals surface area contributed by atoms with E-state index in [4.69, 9.17) is 4.74 Å². The van der Waals surface area contributed by atoms with Crippen LogP contribution >= 0.6 is 12.4 Å². The van der Waals surface area contributed by atoms with E-state index in [1.54, 1.807) is 6.20 Å². The Hall–Kier alpha value is -1.93. The fraction of sp³-hybridized carbons (Fsp3) is 0.444. The third-order valence-electron chi connectivity index (χ3n) is 5.11. The van der Waals surface area contributed by atoms with E-state index in [2.05, 4.69) is 44.3 Å². The normalized spacial score (nSPS) is 23.8. The molecule has 8 heteroatoms. The zero-order valence-corrected chi connectivity index (χ0v) is 15.2. The van der Waals surface area contributed by atoms with E-state index in [0.29, 0.717) is 18.6 Å². The van der Waals surface area contributed by atoms with Crippen LogP contribution in [0.5, 0.6) is 0 Å². The standard InChI is InChI=1S/C18H22N4O3.ClH/c23-18(24)17-14(8-19-20-17)9-21-6-7-22-15(10-21)11-25-12-16(22)13-4-2-1-3-5-13;/h1-5,8,15-16H,6-7,9-12H2,(H,19,20)(H,23,24);1H/t15-,16-;/m1./s1. The molecule has 0 radical (unpaired) electrons. The minimum absolute atomic E-state index is 0. The van der Waals surface area contributed by atoms with E-state index in [1.165, 1.54) is 5.56 Å². The molecule has 0 unspecified atom stereocenters. The van der Waals surface area contributed by atoms with Gasteiger partial charge in [-0.15, -0.1) is 12.4 Å². The van der Waals surface area contributed by atoms with E-state index >= 15 is 0 Å². The van der Waals surface area contributed by atoms with Crippen molar-refractivity contribution in [3.05, 3.63) is 53.3 Å². The van der Waals surface area contributed by atoms with E-state index in [-0.39, 0.29) is 18.1 Å². The van der Waals surface area contributed by atoms with Gasteiger partial charge in [-0.3, -0.25) is 14.9 Å². The molecule has 2 aromatic rings. The third-order valence-corrected chi connectivity index (χ3v) is 5.11. The minimum atomic E-state index is -0.962. The predicted molar refractivity (Wildman–Crippen MR) is 98.6 cm³/mol. The summed E-state index contributed by atoms with van der Waals surface area (Å²) in [5.41, 5.74) is 2.21. The fourth-order valence-corrected chi connectivity index (χ4v) is 3.87. The van der Waals surface area contributed by atoms with Crippen LogP contribution in [0, 0.1) is 0 Å². The fourth-order valence-electron chi connectivity index (χ4n) is 3.87. The Balaban J connectivity index is 0.00000196. The summed E-state index contributed by atoms with van der Waals surface area (Å²) in [6, 6.07) is 11.1. The SMILES string of the molecule is Cl.O=C(O)c1[nH]ncc1CN1CCN2[C@@H](COC[C@@H]2c2ccccc2)C1. The second-order valence-corrected chi connectivity index (χ2v) is 6.67. The maximum atomic E-state index is 11.2. The quantitative estimate of drug-likeness (QED) is 0.844. The van der Waals surface area contributed by atoms with Crippen LogP contribution in [0.3, 0.4) is 0 Å². The summed E-state index contributed by atoms with van der Waals surface area (Å²) in [5, 5.41) is 15.7. The molecule has 140 valence electrons. The maximum absolute atomic E-state index is 11.2. The lowest BCUT2D eigenvalue weighted by Gasteiger charge is -2.48. The first-order valence-corrected chi connectivity index (χ1v) is 8.58. The summed E-state index contributed by atoms with van der Waals surface area (Å²) in [6.45, 7) is 4.77. The number of carbonyl (C=O) groups is 1. The molecule has 2 atom stereocenters. The summed E-state index contributed by atoms with van der Waals surface area (Å²) in [7, 11) is 0. The van der Waals surface area contributed by atoms with Crippen LogP contribution < -0.4 is 0 Å². The first-order valence-electron chi connectivity index (χ1n) is 8.58. The molecule has 2 fully saturated rings. The van der Waals surface area contributed by atoms with E-state index in [0.717, 1.165) is 38.4 Å². The highest BCUT2D eigenvalue weighted by Gasteiger charge is 2.36. The number of H-pyrrole nitrogens is 1. The zero-order chi connectivity index (χ0) is 17.2. The Labute approximate surface area is 158 Å². The van der Waals surface area contributed by atoms with Crippen molar-refractivity contribution in [1.82, 2.24) is 20.0 Å². The van der Waals surface area contributed by atoms with Gasteiger partial charge in [0.15, 0.2) is 0 Å². The topological polar surface area (TPSA) is 81.7 Å². The van der Waals surface area contributed by atoms with E-state index < -0.39 is 5.97 Å². The number of ether oxygens (including phenoxy) is 1. The lowest BCUT2D eigenvalue weighted by atomic mass is 10.00. The number of halogens is 1. The molecule has 0 spiro atoms. The number of nitrogens with one attached hydrogen (secondary N) is 1. The van der Waals surface area contributed by atoms with E-state index in [9.17, 15) is 9.90 Å². The van der Waals surface area contributed by atoms with Crippen LogP contribution in [-0.4, -0.2) is 70.0 Å². The van der Waals surface area contributed by atoms with Crippen molar-refractivity contribution < 1.29 is 14.6 Å². The smallest absolute Gasteiger partial charge is 0.354 e. The number of aromatic nitrogens is 2. The average molecular weight is 379 g/mol. The molecule has 2 N–H and O–H groups in total. The number of carboxylic acid groups (broad SMARTS) is 1. The number of carboxylic acids is 1. The van der Waals surface area contributed by atoms with Gasteiger partial charge in [0.25, 0.3) is 0 Å². The van der Waals surface area contributed by atoms with Crippen molar-refractivity contribution in [1.29, 1.82) is 0 Å². The minimum Gasteiger partial charge on any atom is -0.477 e. The maximum Gasteiger partial charge on any atom is 0.354 e. The van der Waals surface area contributed by atoms with Crippen LogP contribution in [0.1, 0.15) is 27.7 Å². The van der Waals surface area contributed by atoms with Crippen LogP contribution in [-0.2, 0) is 11.3 Å². The number of aromatic carboxylic acids is 1. The summed E-state index contributed by atoms with van der Waals surface area (Å²) >= 11 is 0. The van der Waals surface area contributed by atoms with Crippen molar-refractivity contribution in [2.75, 3.05) is 32.8 Å². The van der Waals surface area contributed by atoms with Gasteiger partial charge in [-0.05, 0) is 5.56 Å². The number of hydrogen-bond donors (Lipinski definition) is 2. The number of rotatable bonds is 4. The highest BCUT2D eigenvalue weighted by molar-refractivity contribution is 5.86. The number of piperazine rings is 1. The lowest BCUT2D eigenvalue weighted by Crippen LogP contribution is -2.58. The van der Waals surface area contributed by atoms with Gasteiger partial charge in [0, 0.05) is 37.8 Å². The summed E-state index contributed by atoms with van der Waals surface area (Å²) in [5.74, 6) is -0.962. The van der Waals surface area contributed by atoms with Gasteiger partial charge < -0.3 is 9.84 Å². The number of aromatic amines is 1. The summed E-state index contributed by atoms with van der Waals surface area (Å²) in [6.07, 6.45) is 1.61. The Morgan fingerprint density at radius 3 is 2.85 bits per heavy atom. The van der Waals surface area contributed by atoms with Gasteiger partial charge in [0.2, 0.25) is 0 Å². The highest BCUT2D eigenvalue weighted by Crippen LogP contribution is 2.30. The second-order valence-electron chi connectivity index (χ2n) is 6.67. The Kier molecular flexibility index (Phi) is 5.93. The molecule has 0 saturated carbocycles. The Morgan fingerprint density at radius 2 is 2.08 bits per heavy atom. The van der Waals surface area contributed by atoms with Crippen LogP contribution in [0.4, 0.5) is 0 Å². The van der Waals surface area contributed by atoms with Gasteiger partial charge in [-0.25, -0.2) is 4.79 Å². The molecule has 0 amide bonds. The molecule has 2 aliphatic heterocycles. The largest absolute Gasteiger partial charge is 0.477 e. The number of hydrogen-bond acceptors (Lipinski definition) is 5. The number of benzene rings is 1. The molecule has 26 heavy (non-hydrogen) atoms. The van der Waals surface area contributed by atoms with Crippen molar-refractivity contribution in [2.45, 2.75) is 18.6 Å². The molecular weight excluding hydrogens is 356 g/mol. The van der Waals surface area contributed by atoms with Crippen molar-refractivity contribution >= 4 is 18.4 Å². The zero-order valence-electron chi connectivity index (χ0n) is 14.4. The lowest BCUT2D eigenvalue weighted by molar-refractivity contribution is -0.0836. The molecule has 0 bridgehead atoms. The summed E-state index contributed by atoms with van der Waals surface area (Å²) in [4.78, 5) is 16.1. The average Bonchev–Trinajstić information content (AvgIpc) is 3.10. The predicted octanol–water partition coefficient (Wildman–Crippen LogP) is 1.79. The molecule has 0 aliphatic carbocycles. The van der Waals surface area contributed by atoms with Gasteiger partial charge in [0.1, 0.15) is 5.69 Å². The Bertz CT molecular complexity index is 739. The van der Waals surface area contributed by atoms with Crippen LogP contribution in [0.2, 0.25) is 0 Å². The Morgan fingerprint density at radius 1 is 1.27 bits per heavy atom. The molecule has 4 rings (SSSR count). The van der Waals surface area contributed by atoms with Gasteiger partial charge in [-0.2, -0.15) is 5.10 Å². The molecule has 3 heterocycles. The van der Waals surface area contributed by atoms with Crippen LogP contribution in [0.25, 0.3) is 0 Å². The van der Waals surface area contributed by atoms with E-state index in [1.807, 2.05) is 6.07 Å². The first-order chi connectivity index (χ1) is 12.2. The van der Waals surface area contributed by atoms with Gasteiger partial charge >= 0.3 is 5.97 Å². The third kappa shape index (κ3) is 3.76. The number of nitrogens with zero attached hydrogens (tertiary/aromatic N) is 3. The molecule has 2 saturated heterocycles. The first kappa shape index (κ1) is 18.8. The molecule has 2 aliphatic rings. The van der Waals surface area contributed by atoms with Crippen molar-refractivity contribution in [3.63, 3.8) is 0 Å². The van der Waals surface area contributed by atoms with Crippen molar-refractivity contribution in [2.24, 2.45) is 0 Å². The van der Waals surface area contributed by atoms with Crippen LogP contribution in [0.15, 0.2) is 36.5 Å².